The van der Waals surface area contributed by atoms with E-state index in [1.165, 1.54) is 17.5 Å². The van der Waals surface area contributed by atoms with E-state index in [0.29, 0.717) is 24.5 Å². The molecule has 2 fully saturated rings. The van der Waals surface area contributed by atoms with Crippen LogP contribution in [0.15, 0.2) is 12.1 Å². The van der Waals surface area contributed by atoms with Gasteiger partial charge in [0.25, 0.3) is 0 Å². The number of piperazine rings is 1. The summed E-state index contributed by atoms with van der Waals surface area (Å²) in [7, 11) is 3.36. The first-order valence-corrected chi connectivity index (χ1v) is 8.51. The number of amides is 1. The summed E-state index contributed by atoms with van der Waals surface area (Å²) in [5, 5.41) is 0. The van der Waals surface area contributed by atoms with Crippen LogP contribution >= 0.6 is 0 Å². The molecule has 0 aliphatic carbocycles. The average Bonchev–Trinajstić information content (AvgIpc) is 2.60. The minimum atomic E-state index is 0.301. The van der Waals surface area contributed by atoms with Gasteiger partial charge in [-0.2, -0.15) is 0 Å². The first kappa shape index (κ1) is 14.8. The van der Waals surface area contributed by atoms with Crippen LogP contribution in [0.25, 0.3) is 0 Å². The molecule has 0 N–H and O–H groups in total. The lowest BCUT2D eigenvalue weighted by molar-refractivity contribution is -0.146. The molecule has 0 radical (unpaired) electrons. The van der Waals surface area contributed by atoms with Crippen LogP contribution in [0.2, 0.25) is 0 Å². The predicted molar refractivity (Wildman–Crippen MR) is 86.9 cm³/mol. The predicted octanol–water partition coefficient (Wildman–Crippen LogP) is 2.00. The van der Waals surface area contributed by atoms with Gasteiger partial charge in [0.1, 0.15) is 0 Å². The molecule has 2 atom stereocenters. The summed E-state index contributed by atoms with van der Waals surface area (Å²) in [6.45, 7) is 2.41. The van der Waals surface area contributed by atoms with Crippen LogP contribution < -0.4 is 9.47 Å². The molecule has 5 nitrogen and oxygen atoms in total. The van der Waals surface area contributed by atoms with Crippen LogP contribution in [0.1, 0.15) is 36.4 Å². The first-order chi connectivity index (χ1) is 11.2. The monoisotopic (exact) mass is 316 g/mol. The zero-order valence-electron chi connectivity index (χ0n) is 13.9. The van der Waals surface area contributed by atoms with E-state index < -0.39 is 0 Å². The summed E-state index contributed by atoms with van der Waals surface area (Å²) in [4.78, 5) is 16.9. The van der Waals surface area contributed by atoms with Gasteiger partial charge in [-0.15, -0.1) is 0 Å². The number of nitrogens with zero attached hydrogens (tertiary/aromatic N) is 2. The van der Waals surface area contributed by atoms with Gasteiger partial charge >= 0.3 is 0 Å². The molecule has 3 aliphatic rings. The maximum atomic E-state index is 12.5. The highest BCUT2D eigenvalue weighted by Gasteiger charge is 2.44. The molecular formula is C18H24N2O3. The molecule has 0 aromatic heterocycles. The van der Waals surface area contributed by atoms with Crippen molar-refractivity contribution < 1.29 is 14.3 Å². The van der Waals surface area contributed by atoms with Crippen LogP contribution in [0.4, 0.5) is 0 Å². The fraction of sp³-hybridized carbons (Fsp3) is 0.611. The highest BCUT2D eigenvalue weighted by atomic mass is 16.5. The third-order valence-electron chi connectivity index (χ3n) is 5.60. The van der Waals surface area contributed by atoms with Gasteiger partial charge < -0.3 is 14.4 Å². The van der Waals surface area contributed by atoms with Gasteiger partial charge in [0.15, 0.2) is 11.5 Å². The third-order valence-corrected chi connectivity index (χ3v) is 5.60. The second-order valence-corrected chi connectivity index (χ2v) is 6.72. The summed E-state index contributed by atoms with van der Waals surface area (Å²) in [6.07, 6.45) is 4.40. The molecular weight excluding hydrogens is 292 g/mol. The number of ether oxygens (including phenoxy) is 2. The van der Waals surface area contributed by atoms with Crippen molar-refractivity contribution in [2.45, 2.75) is 37.8 Å². The molecule has 0 spiro atoms. The SMILES string of the molecule is COc1cc2c(cc1OC)C1C3CCCCN3C(=O)CN1CC2. The molecule has 3 heterocycles. The van der Waals surface area contributed by atoms with Crippen molar-refractivity contribution in [1.29, 1.82) is 0 Å². The van der Waals surface area contributed by atoms with E-state index >= 15 is 0 Å². The Labute approximate surface area is 137 Å². The number of carbonyl (C=O) groups excluding carboxylic acids is 1. The van der Waals surface area contributed by atoms with Crippen LogP contribution in [0.5, 0.6) is 11.5 Å². The number of hydrogen-bond acceptors (Lipinski definition) is 4. The Kier molecular flexibility index (Phi) is 3.68. The van der Waals surface area contributed by atoms with Crippen LogP contribution in [0, 0.1) is 0 Å². The van der Waals surface area contributed by atoms with Crippen molar-refractivity contribution in [2.24, 2.45) is 0 Å². The zero-order chi connectivity index (χ0) is 16.0. The van der Waals surface area contributed by atoms with E-state index in [9.17, 15) is 4.79 Å². The van der Waals surface area contributed by atoms with Gasteiger partial charge in [-0.25, -0.2) is 0 Å². The fourth-order valence-electron chi connectivity index (χ4n) is 4.52. The van der Waals surface area contributed by atoms with Crippen molar-refractivity contribution in [2.75, 3.05) is 33.9 Å². The summed E-state index contributed by atoms with van der Waals surface area (Å²) in [5.41, 5.74) is 2.65. The van der Waals surface area contributed by atoms with Crippen molar-refractivity contribution >= 4 is 5.91 Å². The van der Waals surface area contributed by atoms with E-state index in [1.54, 1.807) is 14.2 Å². The molecule has 124 valence electrons. The lowest BCUT2D eigenvalue weighted by Gasteiger charge is -2.51. The minimum Gasteiger partial charge on any atom is -0.493 e. The fourth-order valence-corrected chi connectivity index (χ4v) is 4.52. The van der Waals surface area contributed by atoms with E-state index in [-0.39, 0.29) is 0 Å². The summed E-state index contributed by atoms with van der Waals surface area (Å²) in [5.74, 6) is 1.88. The molecule has 3 aliphatic heterocycles. The van der Waals surface area contributed by atoms with Gasteiger partial charge in [-0.05, 0) is 48.9 Å². The average molecular weight is 316 g/mol. The van der Waals surface area contributed by atoms with Gasteiger partial charge in [-0.3, -0.25) is 9.69 Å². The highest BCUT2D eigenvalue weighted by Crippen LogP contribution is 2.44. The Balaban J connectivity index is 1.78. The van der Waals surface area contributed by atoms with Gasteiger partial charge in [0, 0.05) is 13.1 Å². The summed E-state index contributed by atoms with van der Waals surface area (Å²) < 4.78 is 11.0. The molecule has 1 aromatic carbocycles. The molecule has 2 unspecified atom stereocenters. The first-order valence-electron chi connectivity index (χ1n) is 8.51. The molecule has 4 rings (SSSR count). The largest absolute Gasteiger partial charge is 0.493 e. The zero-order valence-corrected chi connectivity index (χ0v) is 13.9. The number of carbonyl (C=O) groups is 1. The molecule has 1 aromatic rings. The lowest BCUT2D eigenvalue weighted by atomic mass is 9.82. The van der Waals surface area contributed by atoms with Gasteiger partial charge in [0.05, 0.1) is 32.8 Å². The number of fused-ring (bicyclic) bond motifs is 5. The van der Waals surface area contributed by atoms with Crippen LogP contribution in [-0.2, 0) is 11.2 Å². The molecule has 23 heavy (non-hydrogen) atoms. The molecule has 1 amide bonds. The molecule has 5 heteroatoms. The van der Waals surface area contributed by atoms with Crippen molar-refractivity contribution in [3.05, 3.63) is 23.3 Å². The van der Waals surface area contributed by atoms with E-state index in [4.69, 9.17) is 9.47 Å². The Morgan fingerprint density at radius 3 is 2.65 bits per heavy atom. The Hall–Kier alpha value is -1.75. The van der Waals surface area contributed by atoms with E-state index in [2.05, 4.69) is 21.9 Å². The second kappa shape index (κ2) is 5.71. The highest BCUT2D eigenvalue weighted by molar-refractivity contribution is 5.80. The van der Waals surface area contributed by atoms with Crippen molar-refractivity contribution in [1.82, 2.24) is 9.80 Å². The van der Waals surface area contributed by atoms with Crippen molar-refractivity contribution in [3.8, 4) is 11.5 Å². The Morgan fingerprint density at radius 2 is 1.87 bits per heavy atom. The number of hydrogen-bond donors (Lipinski definition) is 0. The van der Waals surface area contributed by atoms with E-state index in [0.717, 1.165) is 43.9 Å². The third kappa shape index (κ3) is 2.29. The smallest absolute Gasteiger partial charge is 0.237 e. The lowest BCUT2D eigenvalue weighted by Crippen LogP contribution is -2.60. The topological polar surface area (TPSA) is 42.0 Å². The standard InChI is InChI=1S/C18H24N2O3/c1-22-15-9-12-6-8-19-11-17(21)20-7-4-3-5-14(20)18(19)13(12)10-16(15)23-2/h9-10,14,18H,3-8,11H2,1-2H3. The summed E-state index contributed by atoms with van der Waals surface area (Å²) in [6, 6.07) is 4.86. The molecule has 0 bridgehead atoms. The minimum absolute atomic E-state index is 0.301. The summed E-state index contributed by atoms with van der Waals surface area (Å²) >= 11 is 0. The molecule has 2 saturated heterocycles. The van der Waals surface area contributed by atoms with E-state index in [1.807, 2.05) is 0 Å². The number of rotatable bonds is 2. The van der Waals surface area contributed by atoms with Gasteiger partial charge in [-0.1, -0.05) is 0 Å². The number of piperidine rings is 1. The number of benzene rings is 1. The van der Waals surface area contributed by atoms with Crippen LogP contribution in [-0.4, -0.2) is 55.6 Å². The normalized spacial score (nSPS) is 27.0. The van der Waals surface area contributed by atoms with Crippen LogP contribution in [0.3, 0.4) is 0 Å². The van der Waals surface area contributed by atoms with Crippen molar-refractivity contribution in [3.63, 3.8) is 0 Å². The maximum Gasteiger partial charge on any atom is 0.237 e. The maximum absolute atomic E-state index is 12.5. The van der Waals surface area contributed by atoms with Gasteiger partial charge in [0.2, 0.25) is 5.91 Å². The Bertz CT molecular complexity index is 631. The molecule has 0 saturated carbocycles. The second-order valence-electron chi connectivity index (χ2n) is 6.72. The number of methoxy groups -OCH3 is 2. The quantitative estimate of drug-likeness (QED) is 0.837. The Morgan fingerprint density at radius 1 is 1.09 bits per heavy atom.